The Morgan fingerprint density at radius 3 is 2.90 bits per heavy atom. The summed E-state index contributed by atoms with van der Waals surface area (Å²) in [6.45, 7) is 3.96. The first-order valence-electron chi connectivity index (χ1n) is 6.62. The summed E-state index contributed by atoms with van der Waals surface area (Å²) >= 11 is 0. The van der Waals surface area contributed by atoms with E-state index < -0.39 is 10.1 Å². The number of hydrogen-bond donors (Lipinski definition) is 0. The molecule has 0 bridgehead atoms. The molecule has 0 N–H and O–H groups in total. The Morgan fingerprint density at radius 1 is 1.45 bits per heavy atom. The van der Waals surface area contributed by atoms with Gasteiger partial charge in [-0.15, -0.1) is 0 Å². The molecule has 0 aromatic heterocycles. The highest BCUT2D eigenvalue weighted by molar-refractivity contribution is 7.86. The van der Waals surface area contributed by atoms with Crippen LogP contribution in [0.5, 0.6) is 0 Å². The molecule has 0 radical (unpaired) electrons. The van der Waals surface area contributed by atoms with Crippen LogP contribution in [0.3, 0.4) is 0 Å². The highest BCUT2D eigenvalue weighted by atomic mass is 32.2. The highest BCUT2D eigenvalue weighted by Crippen LogP contribution is 2.25. The molecule has 1 heterocycles. The van der Waals surface area contributed by atoms with E-state index >= 15 is 0 Å². The van der Waals surface area contributed by atoms with E-state index in [0.717, 1.165) is 5.56 Å². The number of benzene rings is 1. The lowest BCUT2D eigenvalue weighted by Gasteiger charge is -2.17. The fourth-order valence-corrected chi connectivity index (χ4v) is 3.13. The van der Waals surface area contributed by atoms with Crippen molar-refractivity contribution in [2.75, 3.05) is 6.61 Å². The van der Waals surface area contributed by atoms with Crippen molar-refractivity contribution < 1.29 is 22.1 Å². The van der Waals surface area contributed by atoms with Crippen molar-refractivity contribution in [2.24, 2.45) is 5.92 Å². The number of esters is 1. The van der Waals surface area contributed by atoms with Crippen molar-refractivity contribution in [1.82, 2.24) is 0 Å². The van der Waals surface area contributed by atoms with E-state index in [0.29, 0.717) is 18.4 Å². The van der Waals surface area contributed by atoms with Gasteiger partial charge in [0.15, 0.2) is 0 Å². The third-order valence-corrected chi connectivity index (χ3v) is 4.80. The number of carbonyl (C=O) groups excluding carboxylic acids is 1. The molecule has 0 aliphatic carbocycles. The smallest absolute Gasteiger partial charge is 0.308 e. The second-order valence-corrected chi connectivity index (χ2v) is 6.47. The Bertz CT molecular complexity index is 606. The Hall–Kier alpha value is -1.40. The first-order valence-corrected chi connectivity index (χ1v) is 8.02. The van der Waals surface area contributed by atoms with E-state index in [-0.39, 0.29) is 30.0 Å². The van der Waals surface area contributed by atoms with Crippen LogP contribution in [0.1, 0.15) is 31.4 Å². The van der Waals surface area contributed by atoms with Crippen molar-refractivity contribution in [3.8, 4) is 0 Å². The molecule has 1 aromatic carbocycles. The summed E-state index contributed by atoms with van der Waals surface area (Å²) in [4.78, 5) is 11.8. The van der Waals surface area contributed by atoms with Gasteiger partial charge in [0.05, 0.1) is 17.4 Å². The van der Waals surface area contributed by atoms with Gasteiger partial charge in [-0.2, -0.15) is 8.42 Å². The molecule has 1 aliphatic heterocycles. The van der Waals surface area contributed by atoms with Crippen LogP contribution in [0.2, 0.25) is 0 Å². The fourth-order valence-electron chi connectivity index (χ4n) is 1.92. The Balaban J connectivity index is 2.14. The molecule has 20 heavy (non-hydrogen) atoms. The van der Waals surface area contributed by atoms with Gasteiger partial charge in [-0.3, -0.25) is 8.98 Å². The molecule has 1 aliphatic rings. The molecule has 1 unspecified atom stereocenters. The van der Waals surface area contributed by atoms with Gasteiger partial charge in [-0.05, 0) is 30.0 Å². The van der Waals surface area contributed by atoms with E-state index in [9.17, 15) is 13.2 Å². The molecular formula is C14H18O5S. The van der Waals surface area contributed by atoms with Crippen LogP contribution in [0, 0.1) is 5.92 Å². The number of hydrogen-bond acceptors (Lipinski definition) is 5. The highest BCUT2D eigenvalue weighted by Gasteiger charge is 2.24. The van der Waals surface area contributed by atoms with Gasteiger partial charge < -0.3 is 4.74 Å². The lowest BCUT2D eigenvalue weighted by molar-refractivity contribution is -0.149. The average molecular weight is 298 g/mol. The number of carbonyl (C=O) groups is 1. The van der Waals surface area contributed by atoms with Gasteiger partial charge in [0.2, 0.25) is 0 Å². The maximum absolute atomic E-state index is 11.8. The molecule has 5 nitrogen and oxygen atoms in total. The topological polar surface area (TPSA) is 69.7 Å². The summed E-state index contributed by atoms with van der Waals surface area (Å²) in [6.07, 6.45) is 1.28. The zero-order valence-electron chi connectivity index (χ0n) is 11.6. The molecule has 2 rings (SSSR count). The van der Waals surface area contributed by atoms with Gasteiger partial charge in [0.25, 0.3) is 10.1 Å². The molecule has 0 saturated heterocycles. The minimum absolute atomic E-state index is 0.0754. The Labute approximate surface area is 119 Å². The van der Waals surface area contributed by atoms with Gasteiger partial charge in [0.1, 0.15) is 6.61 Å². The second-order valence-electron chi connectivity index (χ2n) is 4.89. The lowest BCUT2D eigenvalue weighted by atomic mass is 10.1. The standard InChI is InChI=1S/C14H18O5S/c1-3-10(2)14(15)18-9-11-4-5-12-6-7-19-20(16,17)13(12)8-11/h4-5,8,10H,3,6-7,9H2,1-2H3. The monoisotopic (exact) mass is 298 g/mol. The maximum atomic E-state index is 11.8. The van der Waals surface area contributed by atoms with Crippen LogP contribution >= 0.6 is 0 Å². The summed E-state index contributed by atoms with van der Waals surface area (Å²) in [6, 6.07) is 5.05. The van der Waals surface area contributed by atoms with E-state index in [1.165, 1.54) is 6.07 Å². The zero-order chi connectivity index (χ0) is 14.8. The van der Waals surface area contributed by atoms with Gasteiger partial charge in [-0.1, -0.05) is 26.0 Å². The van der Waals surface area contributed by atoms with Gasteiger partial charge in [-0.25, -0.2) is 0 Å². The molecule has 0 spiro atoms. The molecule has 1 aromatic rings. The third kappa shape index (κ3) is 3.19. The van der Waals surface area contributed by atoms with Crippen molar-refractivity contribution >= 4 is 16.1 Å². The molecule has 0 saturated carbocycles. The summed E-state index contributed by atoms with van der Waals surface area (Å²) in [5.41, 5.74) is 1.39. The van der Waals surface area contributed by atoms with Crippen LogP contribution in [0.15, 0.2) is 23.1 Å². The van der Waals surface area contributed by atoms with Crippen molar-refractivity contribution in [3.63, 3.8) is 0 Å². The van der Waals surface area contributed by atoms with Gasteiger partial charge in [0, 0.05) is 0 Å². The molecule has 0 fully saturated rings. The summed E-state index contributed by atoms with van der Waals surface area (Å²) in [7, 11) is -3.66. The SMILES string of the molecule is CCC(C)C(=O)OCc1ccc2c(c1)S(=O)(=O)OCC2. The Kier molecular flexibility index (Phi) is 4.45. The Morgan fingerprint density at radius 2 is 2.20 bits per heavy atom. The normalized spacial score (nSPS) is 18.1. The minimum atomic E-state index is -3.66. The van der Waals surface area contributed by atoms with Crippen LogP contribution in [0.4, 0.5) is 0 Å². The third-order valence-electron chi connectivity index (χ3n) is 3.41. The van der Waals surface area contributed by atoms with Crippen LogP contribution in [-0.2, 0) is 36.9 Å². The van der Waals surface area contributed by atoms with Crippen LogP contribution in [0.25, 0.3) is 0 Å². The van der Waals surface area contributed by atoms with Crippen LogP contribution < -0.4 is 0 Å². The van der Waals surface area contributed by atoms with E-state index in [1.807, 2.05) is 6.92 Å². The quantitative estimate of drug-likeness (QED) is 0.628. The average Bonchev–Trinajstić information content (AvgIpc) is 2.44. The number of fused-ring (bicyclic) bond motifs is 1. The fraction of sp³-hybridized carbons (Fsp3) is 0.500. The van der Waals surface area contributed by atoms with Crippen LogP contribution in [-0.4, -0.2) is 21.0 Å². The molecule has 6 heteroatoms. The zero-order valence-corrected chi connectivity index (χ0v) is 12.4. The first kappa shape index (κ1) is 15.0. The first-order chi connectivity index (χ1) is 9.44. The van der Waals surface area contributed by atoms with Crippen molar-refractivity contribution in [1.29, 1.82) is 0 Å². The predicted octanol–water partition coefficient (Wildman–Crippen LogP) is 2.04. The molecule has 0 amide bonds. The largest absolute Gasteiger partial charge is 0.461 e. The van der Waals surface area contributed by atoms with Gasteiger partial charge >= 0.3 is 5.97 Å². The summed E-state index contributed by atoms with van der Waals surface area (Å²) < 4.78 is 33.5. The summed E-state index contributed by atoms with van der Waals surface area (Å²) in [5.74, 6) is -0.427. The lowest BCUT2D eigenvalue weighted by Crippen LogP contribution is -2.18. The molecular weight excluding hydrogens is 280 g/mol. The number of rotatable bonds is 4. The number of ether oxygens (including phenoxy) is 1. The van der Waals surface area contributed by atoms with E-state index in [1.54, 1.807) is 19.1 Å². The minimum Gasteiger partial charge on any atom is -0.461 e. The van der Waals surface area contributed by atoms with E-state index in [2.05, 4.69) is 0 Å². The maximum Gasteiger partial charge on any atom is 0.308 e. The molecule has 110 valence electrons. The molecule has 1 atom stereocenters. The predicted molar refractivity (Wildman–Crippen MR) is 72.5 cm³/mol. The summed E-state index contributed by atoms with van der Waals surface area (Å²) in [5, 5.41) is 0. The van der Waals surface area contributed by atoms with E-state index in [4.69, 9.17) is 8.92 Å². The second kappa shape index (κ2) is 5.93. The van der Waals surface area contributed by atoms with Crippen molar-refractivity contribution in [2.45, 2.75) is 38.2 Å². The van der Waals surface area contributed by atoms with Crippen molar-refractivity contribution in [3.05, 3.63) is 29.3 Å².